The van der Waals surface area contributed by atoms with Crippen LogP contribution < -0.4 is 9.80 Å². The minimum atomic E-state index is -1.87. The summed E-state index contributed by atoms with van der Waals surface area (Å²) >= 11 is 17.7. The minimum absolute atomic E-state index is 0.0253. The first-order chi connectivity index (χ1) is 20.6. The molecule has 12 heteroatoms. The number of likely N-dealkylation sites (tertiary alicyclic amines) is 1. The largest absolute Gasteiger partial charge is 0.508 e. The smallest absolute Gasteiger partial charge is 0.254 e. The Balaban J connectivity index is 1.28. The summed E-state index contributed by atoms with van der Waals surface area (Å²) in [6, 6.07) is 13.6. The number of amides is 4. The molecule has 0 bridgehead atoms. The first kappa shape index (κ1) is 28.8. The zero-order chi connectivity index (χ0) is 30.3. The maximum absolute atomic E-state index is 14.2. The second-order valence-electron chi connectivity index (χ2n) is 11.7. The molecule has 3 heterocycles. The Kier molecular flexibility index (Phi) is 6.92. The zero-order valence-corrected chi connectivity index (χ0v) is 26.0. The molecule has 224 valence electrons. The lowest BCUT2D eigenvalue weighted by atomic mass is 9.56. The van der Waals surface area contributed by atoms with E-state index in [1.807, 2.05) is 18.2 Å². The third kappa shape index (κ3) is 3.99. The standard InChI is InChI=1S/C31H28BrCl2N3O6/c32-16-36-28(41)30(33)15-23-21(25(31(30,34)29(36)42)17-1-7-20(38)8-2-17)9-10-22-24(23)27(40)37(26(22)39)19-5-3-18(4-6-19)35-11-13-43-14-12-35/h1-9,22-25,38H,10-16H2/t22-,23+,24-,25-,30+,31-/m0/s1. The number of morpholine rings is 1. The highest BCUT2D eigenvalue weighted by molar-refractivity contribution is 9.09. The van der Waals surface area contributed by atoms with Gasteiger partial charge in [-0.05, 0) is 60.7 Å². The van der Waals surface area contributed by atoms with Crippen molar-refractivity contribution in [3.8, 4) is 5.75 Å². The summed E-state index contributed by atoms with van der Waals surface area (Å²) in [5.74, 6) is -4.77. The molecule has 6 atom stereocenters. The monoisotopic (exact) mass is 687 g/mol. The van der Waals surface area contributed by atoms with Gasteiger partial charge in [0.05, 0.1) is 36.2 Å². The Morgan fingerprint density at radius 1 is 0.884 bits per heavy atom. The summed E-state index contributed by atoms with van der Waals surface area (Å²) in [5.41, 5.74) is 2.68. The normalized spacial score (nSPS) is 33.8. The fourth-order valence-corrected chi connectivity index (χ4v) is 9.11. The van der Waals surface area contributed by atoms with Crippen LogP contribution in [0.25, 0.3) is 0 Å². The van der Waals surface area contributed by atoms with Crippen molar-refractivity contribution in [2.75, 3.05) is 41.6 Å². The molecule has 7 rings (SSSR count). The Morgan fingerprint density at radius 3 is 2.19 bits per heavy atom. The number of phenolic OH excluding ortho intramolecular Hbond substituents is 1. The number of fused-ring (bicyclic) bond motifs is 4. The van der Waals surface area contributed by atoms with E-state index in [0.29, 0.717) is 30.0 Å². The summed E-state index contributed by atoms with van der Waals surface area (Å²) in [4.78, 5) is 56.3. The number of alkyl halides is 3. The van der Waals surface area contributed by atoms with Crippen molar-refractivity contribution in [3.05, 3.63) is 65.7 Å². The van der Waals surface area contributed by atoms with Crippen molar-refractivity contribution in [1.29, 1.82) is 0 Å². The Bertz CT molecular complexity index is 1560. The molecule has 1 saturated carbocycles. The van der Waals surface area contributed by atoms with Crippen LogP contribution in [0.1, 0.15) is 24.3 Å². The number of halogens is 3. The number of hydrogen-bond acceptors (Lipinski definition) is 7. The van der Waals surface area contributed by atoms with E-state index in [4.69, 9.17) is 27.9 Å². The molecule has 3 aliphatic heterocycles. The van der Waals surface area contributed by atoms with Crippen LogP contribution in [-0.2, 0) is 23.9 Å². The van der Waals surface area contributed by atoms with Crippen molar-refractivity contribution in [3.63, 3.8) is 0 Å². The fraction of sp³-hybridized carbons (Fsp3) is 0.419. The molecule has 1 N–H and O–H groups in total. The first-order valence-electron chi connectivity index (χ1n) is 14.2. The molecule has 43 heavy (non-hydrogen) atoms. The molecule has 5 aliphatic rings. The number of hydrogen-bond donors (Lipinski definition) is 1. The maximum atomic E-state index is 14.2. The van der Waals surface area contributed by atoms with Crippen LogP contribution in [0.5, 0.6) is 5.75 Å². The predicted octanol–water partition coefficient (Wildman–Crippen LogP) is 4.14. The van der Waals surface area contributed by atoms with Gasteiger partial charge < -0.3 is 14.7 Å². The lowest BCUT2D eigenvalue weighted by molar-refractivity contribution is -0.138. The topological polar surface area (TPSA) is 107 Å². The molecule has 3 saturated heterocycles. The van der Waals surface area contributed by atoms with E-state index in [2.05, 4.69) is 20.8 Å². The zero-order valence-electron chi connectivity index (χ0n) is 22.9. The van der Waals surface area contributed by atoms with Crippen LogP contribution in [0, 0.1) is 17.8 Å². The Morgan fingerprint density at radius 2 is 1.53 bits per heavy atom. The third-order valence-electron chi connectivity index (χ3n) is 9.73. The average molecular weight is 689 g/mol. The summed E-state index contributed by atoms with van der Waals surface area (Å²) in [6.07, 6.45) is 2.11. The lowest BCUT2D eigenvalue weighted by Crippen LogP contribution is -2.60. The molecule has 2 aliphatic carbocycles. The molecule has 0 unspecified atom stereocenters. The number of carbonyl (C=O) groups excluding carboxylic acids is 4. The second kappa shape index (κ2) is 10.3. The molecular formula is C31H28BrCl2N3O6. The lowest BCUT2D eigenvalue weighted by Gasteiger charge is -2.50. The van der Waals surface area contributed by atoms with Gasteiger partial charge in [0.2, 0.25) is 11.8 Å². The van der Waals surface area contributed by atoms with E-state index in [1.165, 1.54) is 17.0 Å². The number of rotatable bonds is 4. The number of nitrogens with zero attached hydrogens (tertiary/aromatic N) is 3. The van der Waals surface area contributed by atoms with E-state index in [-0.39, 0.29) is 35.9 Å². The minimum Gasteiger partial charge on any atom is -0.508 e. The van der Waals surface area contributed by atoms with Crippen molar-refractivity contribution < 1.29 is 29.0 Å². The third-order valence-corrected chi connectivity index (χ3v) is 11.6. The number of ether oxygens (including phenoxy) is 1. The molecule has 0 spiro atoms. The predicted molar refractivity (Wildman–Crippen MR) is 163 cm³/mol. The molecule has 4 fully saturated rings. The van der Waals surface area contributed by atoms with Gasteiger partial charge in [-0.3, -0.25) is 29.0 Å². The van der Waals surface area contributed by atoms with Crippen LogP contribution in [0.2, 0.25) is 0 Å². The van der Waals surface area contributed by atoms with Gasteiger partial charge in [-0.15, -0.1) is 23.2 Å². The molecule has 2 aromatic carbocycles. The van der Waals surface area contributed by atoms with Crippen molar-refractivity contribution in [1.82, 2.24) is 4.90 Å². The number of phenols is 1. The van der Waals surface area contributed by atoms with Crippen molar-refractivity contribution >= 4 is 74.1 Å². The number of allylic oxidation sites excluding steroid dienone is 2. The summed E-state index contributed by atoms with van der Waals surface area (Å²) in [7, 11) is 0. The Labute approximate surface area is 266 Å². The number of carbonyl (C=O) groups is 4. The number of imide groups is 2. The van der Waals surface area contributed by atoms with E-state index < -0.39 is 45.2 Å². The van der Waals surface area contributed by atoms with E-state index in [1.54, 1.807) is 24.3 Å². The van der Waals surface area contributed by atoms with Crippen molar-refractivity contribution in [2.45, 2.75) is 28.5 Å². The molecule has 0 aromatic heterocycles. The van der Waals surface area contributed by atoms with E-state index in [9.17, 15) is 24.3 Å². The average Bonchev–Trinajstić information content (AvgIpc) is 3.36. The van der Waals surface area contributed by atoms with Crippen LogP contribution in [-0.4, -0.2) is 75.1 Å². The second-order valence-corrected chi connectivity index (χ2v) is 13.4. The van der Waals surface area contributed by atoms with Gasteiger partial charge in [-0.2, -0.15) is 0 Å². The van der Waals surface area contributed by atoms with Crippen LogP contribution in [0.15, 0.2) is 60.2 Å². The number of aromatic hydroxyl groups is 1. The molecule has 0 radical (unpaired) electrons. The fourth-order valence-electron chi connectivity index (χ4n) is 7.68. The van der Waals surface area contributed by atoms with E-state index >= 15 is 0 Å². The van der Waals surface area contributed by atoms with Gasteiger partial charge >= 0.3 is 0 Å². The van der Waals surface area contributed by atoms with Gasteiger partial charge in [-0.25, -0.2) is 0 Å². The summed E-state index contributed by atoms with van der Waals surface area (Å²) in [5, 5.41) is 9.97. The molecule has 4 amide bonds. The maximum Gasteiger partial charge on any atom is 0.254 e. The van der Waals surface area contributed by atoms with Gasteiger partial charge in [0.25, 0.3) is 11.8 Å². The summed E-state index contributed by atoms with van der Waals surface area (Å²) < 4.78 is 5.44. The first-order valence-corrected chi connectivity index (χ1v) is 16.1. The quantitative estimate of drug-likeness (QED) is 0.223. The molecular weight excluding hydrogens is 661 g/mol. The van der Waals surface area contributed by atoms with E-state index in [0.717, 1.165) is 23.7 Å². The van der Waals surface area contributed by atoms with Crippen LogP contribution >= 0.6 is 39.1 Å². The van der Waals surface area contributed by atoms with Gasteiger partial charge in [0, 0.05) is 24.7 Å². The van der Waals surface area contributed by atoms with Gasteiger partial charge in [0.1, 0.15) is 5.75 Å². The highest BCUT2D eigenvalue weighted by atomic mass is 79.9. The summed E-state index contributed by atoms with van der Waals surface area (Å²) in [6.45, 7) is 2.81. The SMILES string of the molecule is O=C1[C@H]2[C@H](CC=C3[C@H]2C[C@@]2(Cl)C(=O)N(CBr)C(=O)[C@@]2(Cl)[C@H]3c2ccc(O)cc2)C(=O)N1c1ccc(N2CCOCC2)cc1. The Hall–Kier alpha value is -2.92. The van der Waals surface area contributed by atoms with Gasteiger partial charge in [0.15, 0.2) is 9.75 Å². The van der Waals surface area contributed by atoms with Crippen LogP contribution in [0.4, 0.5) is 11.4 Å². The highest BCUT2D eigenvalue weighted by Crippen LogP contribution is 2.65. The number of benzene rings is 2. The molecule has 9 nitrogen and oxygen atoms in total. The number of anilines is 2. The highest BCUT2D eigenvalue weighted by Gasteiger charge is 2.76. The van der Waals surface area contributed by atoms with Crippen LogP contribution in [0.3, 0.4) is 0 Å². The van der Waals surface area contributed by atoms with Gasteiger partial charge in [-0.1, -0.05) is 39.7 Å². The molecule has 2 aromatic rings. The van der Waals surface area contributed by atoms with Crippen molar-refractivity contribution in [2.24, 2.45) is 17.8 Å².